The van der Waals surface area contributed by atoms with Crippen LogP contribution < -0.4 is 10.5 Å². The summed E-state index contributed by atoms with van der Waals surface area (Å²) in [6.07, 6.45) is 0.136. The standard InChI is InChI=1S/C23H22N2O5.ClH/c1-29-19-10-8-18(9-11-19)20-12-7-17(14-22(20)25(27)28)13-21(24)23(26)30-15-16-5-3-2-4-6-16;/h2-12,14,21H,13,15,24H2,1H3;1H/t21-;/m0./s1. The highest BCUT2D eigenvalue weighted by molar-refractivity contribution is 5.85. The molecule has 0 amide bonds. The molecular formula is C23H23ClN2O5. The van der Waals surface area contributed by atoms with Gasteiger partial charge in [0.2, 0.25) is 0 Å². The summed E-state index contributed by atoms with van der Waals surface area (Å²) in [6, 6.07) is 20.2. The number of hydrogen-bond donors (Lipinski definition) is 1. The summed E-state index contributed by atoms with van der Waals surface area (Å²) in [5, 5.41) is 11.6. The molecule has 0 fully saturated rings. The molecule has 31 heavy (non-hydrogen) atoms. The van der Waals surface area contributed by atoms with Gasteiger partial charge in [-0.1, -0.05) is 48.5 Å². The Hall–Kier alpha value is -3.42. The molecule has 7 nitrogen and oxygen atoms in total. The van der Waals surface area contributed by atoms with Crippen molar-refractivity contribution >= 4 is 24.1 Å². The summed E-state index contributed by atoms with van der Waals surface area (Å²) < 4.78 is 10.4. The van der Waals surface area contributed by atoms with E-state index in [1.807, 2.05) is 30.3 Å². The monoisotopic (exact) mass is 442 g/mol. The summed E-state index contributed by atoms with van der Waals surface area (Å²) in [5.74, 6) is 0.110. The van der Waals surface area contributed by atoms with Gasteiger partial charge in [-0.25, -0.2) is 0 Å². The number of carbonyl (C=O) groups is 1. The fourth-order valence-electron chi connectivity index (χ4n) is 3.04. The first kappa shape index (κ1) is 23.9. The van der Waals surface area contributed by atoms with Crippen molar-refractivity contribution in [2.75, 3.05) is 7.11 Å². The van der Waals surface area contributed by atoms with Gasteiger partial charge in [0.05, 0.1) is 17.6 Å². The molecule has 3 aromatic carbocycles. The van der Waals surface area contributed by atoms with E-state index in [0.29, 0.717) is 22.4 Å². The lowest BCUT2D eigenvalue weighted by atomic mass is 9.98. The van der Waals surface area contributed by atoms with Gasteiger partial charge in [0.15, 0.2) is 0 Å². The molecule has 2 N–H and O–H groups in total. The van der Waals surface area contributed by atoms with Gasteiger partial charge in [-0.15, -0.1) is 12.4 Å². The zero-order valence-corrected chi connectivity index (χ0v) is 17.7. The van der Waals surface area contributed by atoms with Crippen molar-refractivity contribution in [2.24, 2.45) is 5.73 Å². The fraction of sp³-hybridized carbons (Fsp3) is 0.174. The number of nitrogens with zero attached hydrogens (tertiary/aromatic N) is 1. The predicted octanol–water partition coefficient (Wildman–Crippen LogP) is 4.31. The first-order valence-electron chi connectivity index (χ1n) is 9.36. The van der Waals surface area contributed by atoms with E-state index >= 15 is 0 Å². The van der Waals surface area contributed by atoms with Gasteiger partial charge < -0.3 is 15.2 Å². The van der Waals surface area contributed by atoms with E-state index < -0.39 is 16.9 Å². The second-order valence-corrected chi connectivity index (χ2v) is 6.74. The van der Waals surface area contributed by atoms with Crippen molar-refractivity contribution in [1.82, 2.24) is 0 Å². The topological polar surface area (TPSA) is 105 Å². The maximum Gasteiger partial charge on any atom is 0.323 e. The zero-order chi connectivity index (χ0) is 21.5. The highest BCUT2D eigenvalue weighted by Crippen LogP contribution is 2.32. The van der Waals surface area contributed by atoms with Crippen LogP contribution in [-0.4, -0.2) is 24.0 Å². The summed E-state index contributed by atoms with van der Waals surface area (Å²) in [4.78, 5) is 23.4. The Morgan fingerprint density at radius 3 is 2.32 bits per heavy atom. The van der Waals surface area contributed by atoms with Gasteiger partial charge >= 0.3 is 5.97 Å². The van der Waals surface area contributed by atoms with E-state index in [0.717, 1.165) is 5.56 Å². The van der Waals surface area contributed by atoms with E-state index in [9.17, 15) is 14.9 Å². The molecule has 0 aliphatic carbocycles. The third kappa shape index (κ3) is 6.28. The van der Waals surface area contributed by atoms with Crippen LogP contribution in [0.1, 0.15) is 11.1 Å². The van der Waals surface area contributed by atoms with Gasteiger partial charge in [0.25, 0.3) is 5.69 Å². The quantitative estimate of drug-likeness (QED) is 0.316. The maximum atomic E-state index is 12.2. The van der Waals surface area contributed by atoms with Crippen molar-refractivity contribution in [3.8, 4) is 16.9 Å². The van der Waals surface area contributed by atoms with Crippen LogP contribution in [0.5, 0.6) is 5.75 Å². The molecule has 162 valence electrons. The van der Waals surface area contributed by atoms with Crippen LogP contribution >= 0.6 is 12.4 Å². The van der Waals surface area contributed by atoms with Crippen LogP contribution in [0.3, 0.4) is 0 Å². The van der Waals surface area contributed by atoms with Gasteiger partial charge in [-0.05, 0) is 41.3 Å². The maximum absolute atomic E-state index is 12.2. The highest BCUT2D eigenvalue weighted by atomic mass is 35.5. The van der Waals surface area contributed by atoms with Gasteiger partial charge in [0, 0.05) is 6.07 Å². The minimum absolute atomic E-state index is 0. The Morgan fingerprint density at radius 1 is 1.03 bits per heavy atom. The van der Waals surface area contributed by atoms with E-state index in [2.05, 4.69) is 0 Å². The van der Waals surface area contributed by atoms with Crippen LogP contribution in [0.4, 0.5) is 5.69 Å². The predicted molar refractivity (Wildman–Crippen MR) is 120 cm³/mol. The third-order valence-electron chi connectivity index (χ3n) is 4.64. The minimum atomic E-state index is -0.917. The summed E-state index contributed by atoms with van der Waals surface area (Å²) in [6.45, 7) is 0.129. The molecule has 8 heteroatoms. The average molecular weight is 443 g/mol. The lowest BCUT2D eigenvalue weighted by molar-refractivity contribution is -0.384. The van der Waals surface area contributed by atoms with Crippen LogP contribution in [0, 0.1) is 10.1 Å². The van der Waals surface area contributed by atoms with E-state index in [1.54, 1.807) is 43.5 Å². The molecule has 0 spiro atoms. The van der Waals surface area contributed by atoms with Crippen LogP contribution in [0.15, 0.2) is 72.8 Å². The van der Waals surface area contributed by atoms with Crippen molar-refractivity contribution in [3.05, 3.63) is 94.0 Å². The molecule has 1 atom stereocenters. The number of nitrogens with two attached hydrogens (primary N) is 1. The molecular weight excluding hydrogens is 420 g/mol. The molecule has 0 unspecified atom stereocenters. The molecule has 0 saturated heterocycles. The van der Waals surface area contributed by atoms with Crippen molar-refractivity contribution in [2.45, 2.75) is 19.1 Å². The molecule has 3 aromatic rings. The normalized spacial score (nSPS) is 11.2. The molecule has 0 aromatic heterocycles. The third-order valence-corrected chi connectivity index (χ3v) is 4.64. The van der Waals surface area contributed by atoms with E-state index in [-0.39, 0.29) is 31.1 Å². The molecule has 3 rings (SSSR count). The zero-order valence-electron chi connectivity index (χ0n) is 16.9. The van der Waals surface area contributed by atoms with Crippen LogP contribution in [-0.2, 0) is 22.6 Å². The smallest absolute Gasteiger partial charge is 0.323 e. The fourth-order valence-corrected chi connectivity index (χ4v) is 3.04. The Kier molecular flexibility index (Phi) is 8.54. The Labute approximate surface area is 186 Å². The first-order valence-corrected chi connectivity index (χ1v) is 9.36. The number of hydrogen-bond acceptors (Lipinski definition) is 6. The van der Waals surface area contributed by atoms with Crippen LogP contribution in [0.2, 0.25) is 0 Å². The lowest BCUT2D eigenvalue weighted by Gasteiger charge is -2.12. The first-order chi connectivity index (χ1) is 14.5. The average Bonchev–Trinajstić information content (AvgIpc) is 2.78. The summed E-state index contributed by atoms with van der Waals surface area (Å²) in [7, 11) is 1.56. The van der Waals surface area contributed by atoms with Gasteiger partial charge in [-0.2, -0.15) is 0 Å². The van der Waals surface area contributed by atoms with Crippen molar-refractivity contribution in [3.63, 3.8) is 0 Å². The number of nitro benzene ring substituents is 1. The number of rotatable bonds is 8. The molecule has 0 aliphatic rings. The molecule has 0 saturated carbocycles. The van der Waals surface area contributed by atoms with E-state index in [1.165, 1.54) is 6.07 Å². The van der Waals surface area contributed by atoms with Gasteiger partial charge in [0.1, 0.15) is 18.4 Å². The van der Waals surface area contributed by atoms with E-state index in [4.69, 9.17) is 15.2 Å². The number of nitro groups is 1. The highest BCUT2D eigenvalue weighted by Gasteiger charge is 2.20. The molecule has 0 radical (unpaired) electrons. The number of esters is 1. The number of benzene rings is 3. The number of halogens is 1. The Bertz CT molecular complexity index is 1030. The lowest BCUT2D eigenvalue weighted by Crippen LogP contribution is -2.34. The largest absolute Gasteiger partial charge is 0.497 e. The Balaban J connectivity index is 0.00000341. The minimum Gasteiger partial charge on any atom is -0.497 e. The number of ether oxygens (including phenoxy) is 2. The molecule has 0 aliphatic heterocycles. The number of methoxy groups -OCH3 is 1. The number of carbonyl (C=O) groups excluding carboxylic acids is 1. The van der Waals surface area contributed by atoms with Crippen LogP contribution in [0.25, 0.3) is 11.1 Å². The second kappa shape index (κ2) is 11.1. The van der Waals surface area contributed by atoms with Crippen molar-refractivity contribution < 1.29 is 19.2 Å². The summed E-state index contributed by atoms with van der Waals surface area (Å²) >= 11 is 0. The Morgan fingerprint density at radius 2 is 1.71 bits per heavy atom. The molecule has 0 heterocycles. The second-order valence-electron chi connectivity index (χ2n) is 6.74. The van der Waals surface area contributed by atoms with Gasteiger partial charge in [-0.3, -0.25) is 14.9 Å². The SMILES string of the molecule is COc1ccc(-c2ccc(C[C@H](N)C(=O)OCc3ccccc3)cc2[N+](=O)[O-])cc1.Cl. The summed E-state index contributed by atoms with van der Waals surface area (Å²) in [5.41, 5.74) is 8.53. The molecule has 0 bridgehead atoms. The van der Waals surface area contributed by atoms with Crippen molar-refractivity contribution in [1.29, 1.82) is 0 Å².